The summed E-state index contributed by atoms with van der Waals surface area (Å²) in [5.41, 5.74) is 11.9. The van der Waals surface area contributed by atoms with Gasteiger partial charge < -0.3 is 9.13 Å². The van der Waals surface area contributed by atoms with E-state index in [1.807, 2.05) is 78.9 Å². The minimum atomic E-state index is 0.580. The van der Waals surface area contributed by atoms with E-state index < -0.39 is 0 Å². The Hall–Kier alpha value is -7.39. The van der Waals surface area contributed by atoms with Gasteiger partial charge >= 0.3 is 0 Å². The average Bonchev–Trinajstić information content (AvgIpc) is 3.69. The molecule has 2 heterocycles. The Morgan fingerprint density at radius 2 is 1.08 bits per heavy atom. The first-order valence-electron chi connectivity index (χ1n) is 16.3. The summed E-state index contributed by atoms with van der Waals surface area (Å²) in [6, 6.07) is 55.7. The Bertz CT molecular complexity index is 2970. The topological polar surface area (TPSA) is 61.8 Å². The van der Waals surface area contributed by atoms with Gasteiger partial charge in [0.2, 0.25) is 0 Å². The first kappa shape index (κ1) is 28.8. The molecule has 0 aliphatic rings. The Kier molecular flexibility index (Phi) is 6.56. The molecule has 7 aromatic carbocycles. The van der Waals surface area contributed by atoms with E-state index >= 15 is 0 Å². The standard InChI is InChI=1S/C45H25N5/c1-48-32-19-22-45-40(26-32)37-13-4-7-16-43(37)50(45)42-15-6-2-11-35(42)34-20-17-29(27-46)23-38(34)31-9-8-10-33(25-31)49-41-14-5-3-12-36(41)39-24-30(28-47)18-21-44(39)49/h2-26H. The third kappa shape index (κ3) is 4.38. The second kappa shape index (κ2) is 11.4. The molecule has 50 heavy (non-hydrogen) atoms. The molecule has 2 aromatic heterocycles. The van der Waals surface area contributed by atoms with Gasteiger partial charge in [-0.05, 0) is 94.9 Å². The van der Waals surface area contributed by atoms with Crippen molar-refractivity contribution < 1.29 is 0 Å². The molecule has 0 fully saturated rings. The van der Waals surface area contributed by atoms with Crippen LogP contribution in [0.4, 0.5) is 5.69 Å². The Morgan fingerprint density at radius 1 is 0.460 bits per heavy atom. The fourth-order valence-electron chi connectivity index (χ4n) is 7.41. The van der Waals surface area contributed by atoms with Gasteiger partial charge in [-0.1, -0.05) is 78.9 Å². The van der Waals surface area contributed by atoms with Crippen LogP contribution in [0.5, 0.6) is 0 Å². The largest absolute Gasteiger partial charge is 0.309 e. The molecule has 0 spiro atoms. The molecule has 9 rings (SSSR count). The minimum Gasteiger partial charge on any atom is -0.309 e. The van der Waals surface area contributed by atoms with E-state index in [1.165, 1.54) is 0 Å². The zero-order chi connectivity index (χ0) is 33.8. The van der Waals surface area contributed by atoms with Gasteiger partial charge in [-0.25, -0.2) is 4.85 Å². The SMILES string of the molecule is [C-]#[N+]c1ccc2c(c1)c1ccccc1n2-c1ccccc1-c1ccc(C#N)cc1-c1cccc(-n2c3ccccc3c3cc(C#N)ccc32)c1. The summed E-state index contributed by atoms with van der Waals surface area (Å²) in [6.45, 7) is 7.62. The Morgan fingerprint density at radius 3 is 1.86 bits per heavy atom. The maximum absolute atomic E-state index is 10.0. The normalized spacial score (nSPS) is 11.1. The molecule has 0 saturated heterocycles. The molecule has 230 valence electrons. The van der Waals surface area contributed by atoms with Gasteiger partial charge in [-0.2, -0.15) is 10.5 Å². The van der Waals surface area contributed by atoms with Crippen molar-refractivity contribution >= 4 is 49.3 Å². The van der Waals surface area contributed by atoms with Gasteiger partial charge in [0.1, 0.15) is 0 Å². The fourth-order valence-corrected chi connectivity index (χ4v) is 7.41. The highest BCUT2D eigenvalue weighted by Crippen LogP contribution is 2.41. The van der Waals surface area contributed by atoms with E-state index in [2.05, 4.69) is 98.9 Å². The first-order chi connectivity index (χ1) is 24.7. The lowest BCUT2D eigenvalue weighted by atomic mass is 9.91. The van der Waals surface area contributed by atoms with Crippen molar-refractivity contribution in [1.29, 1.82) is 10.5 Å². The van der Waals surface area contributed by atoms with Crippen LogP contribution in [-0.2, 0) is 0 Å². The number of nitrogens with zero attached hydrogens (tertiary/aromatic N) is 5. The number of rotatable bonds is 4. The minimum absolute atomic E-state index is 0.580. The number of fused-ring (bicyclic) bond motifs is 6. The molecular formula is C45H25N5. The highest BCUT2D eigenvalue weighted by Gasteiger charge is 2.19. The summed E-state index contributed by atoms with van der Waals surface area (Å²) in [4.78, 5) is 3.70. The van der Waals surface area contributed by atoms with Crippen molar-refractivity contribution in [3.63, 3.8) is 0 Å². The van der Waals surface area contributed by atoms with E-state index in [0.29, 0.717) is 16.8 Å². The maximum atomic E-state index is 10.0. The fraction of sp³-hybridized carbons (Fsp3) is 0. The molecule has 0 unspecified atom stereocenters. The maximum Gasteiger partial charge on any atom is 0.188 e. The molecule has 0 saturated carbocycles. The Balaban J connectivity index is 1.28. The molecular weight excluding hydrogens is 611 g/mol. The van der Waals surface area contributed by atoms with Crippen LogP contribution in [0, 0.1) is 29.2 Å². The Labute approximate surface area is 288 Å². The summed E-state index contributed by atoms with van der Waals surface area (Å²) in [5.74, 6) is 0. The summed E-state index contributed by atoms with van der Waals surface area (Å²) in [5, 5.41) is 23.9. The quantitative estimate of drug-likeness (QED) is 0.181. The number of hydrogen-bond acceptors (Lipinski definition) is 2. The summed E-state index contributed by atoms with van der Waals surface area (Å²) < 4.78 is 4.52. The second-order valence-corrected chi connectivity index (χ2v) is 12.3. The molecule has 0 radical (unpaired) electrons. The predicted octanol–water partition coefficient (Wildman–Crippen LogP) is 11.5. The number of para-hydroxylation sites is 3. The van der Waals surface area contributed by atoms with Crippen LogP contribution < -0.4 is 0 Å². The highest BCUT2D eigenvalue weighted by atomic mass is 15.0. The van der Waals surface area contributed by atoms with Crippen LogP contribution in [0.1, 0.15) is 11.1 Å². The van der Waals surface area contributed by atoms with E-state index in [4.69, 9.17) is 6.57 Å². The molecule has 0 bridgehead atoms. The van der Waals surface area contributed by atoms with Crippen LogP contribution in [-0.4, -0.2) is 9.13 Å². The van der Waals surface area contributed by atoms with E-state index in [-0.39, 0.29) is 0 Å². The van der Waals surface area contributed by atoms with E-state index in [9.17, 15) is 10.5 Å². The van der Waals surface area contributed by atoms with Crippen molar-refractivity contribution in [2.24, 2.45) is 0 Å². The third-order valence-corrected chi connectivity index (χ3v) is 9.59. The highest BCUT2D eigenvalue weighted by molar-refractivity contribution is 6.11. The van der Waals surface area contributed by atoms with Gasteiger partial charge in [-0.3, -0.25) is 0 Å². The summed E-state index contributed by atoms with van der Waals surface area (Å²) >= 11 is 0. The van der Waals surface area contributed by atoms with Gasteiger partial charge in [-0.15, -0.1) is 0 Å². The number of benzene rings is 7. The molecule has 0 aliphatic carbocycles. The number of nitriles is 2. The van der Waals surface area contributed by atoms with E-state index in [0.717, 1.165) is 77.2 Å². The zero-order valence-corrected chi connectivity index (χ0v) is 26.7. The van der Waals surface area contributed by atoms with E-state index in [1.54, 1.807) is 0 Å². The van der Waals surface area contributed by atoms with Crippen LogP contribution in [0.15, 0.2) is 152 Å². The molecule has 0 amide bonds. The molecule has 5 nitrogen and oxygen atoms in total. The van der Waals surface area contributed by atoms with Gasteiger partial charge in [0.25, 0.3) is 0 Å². The number of aromatic nitrogens is 2. The van der Waals surface area contributed by atoms with Crippen molar-refractivity contribution in [2.45, 2.75) is 0 Å². The van der Waals surface area contributed by atoms with Gasteiger partial charge in [0, 0.05) is 27.4 Å². The lowest BCUT2D eigenvalue weighted by Crippen LogP contribution is -1.99. The molecule has 0 aliphatic heterocycles. The van der Waals surface area contributed by atoms with Crippen molar-refractivity contribution in [1.82, 2.24) is 9.13 Å². The van der Waals surface area contributed by atoms with Crippen molar-refractivity contribution in [2.75, 3.05) is 0 Å². The van der Waals surface area contributed by atoms with Gasteiger partial charge in [0.05, 0.1) is 57.6 Å². The zero-order valence-electron chi connectivity index (χ0n) is 26.7. The van der Waals surface area contributed by atoms with Crippen LogP contribution >= 0.6 is 0 Å². The summed E-state index contributed by atoms with van der Waals surface area (Å²) in [7, 11) is 0. The molecule has 0 atom stereocenters. The lowest BCUT2D eigenvalue weighted by molar-refractivity contribution is 1.18. The average molecular weight is 636 g/mol. The third-order valence-electron chi connectivity index (χ3n) is 9.59. The second-order valence-electron chi connectivity index (χ2n) is 12.3. The van der Waals surface area contributed by atoms with Crippen LogP contribution in [0.2, 0.25) is 0 Å². The van der Waals surface area contributed by atoms with Crippen LogP contribution in [0.25, 0.3) is 82.1 Å². The lowest BCUT2D eigenvalue weighted by Gasteiger charge is -2.18. The van der Waals surface area contributed by atoms with Crippen molar-refractivity contribution in [3.8, 4) is 45.8 Å². The number of hydrogen-bond donors (Lipinski definition) is 0. The monoisotopic (exact) mass is 635 g/mol. The smallest absolute Gasteiger partial charge is 0.188 e. The molecule has 9 aromatic rings. The predicted molar refractivity (Wildman–Crippen MR) is 202 cm³/mol. The van der Waals surface area contributed by atoms with Crippen molar-refractivity contribution in [3.05, 3.63) is 174 Å². The molecule has 0 N–H and O–H groups in total. The van der Waals surface area contributed by atoms with Crippen LogP contribution in [0.3, 0.4) is 0 Å². The summed E-state index contributed by atoms with van der Waals surface area (Å²) in [6.07, 6.45) is 0. The molecule has 5 heteroatoms. The van der Waals surface area contributed by atoms with Gasteiger partial charge in [0.15, 0.2) is 5.69 Å². The first-order valence-corrected chi connectivity index (χ1v) is 16.3.